The SMILES string of the molecule is CSCC[C@H](NC(=O)OCC1c2ccccc2-c2ccccc21)C(=O)NCC(=O)N[C@@H](CC(C)C)C(=O)N1CCC[C@H]1C(=O)O. The fourth-order valence-corrected chi connectivity index (χ4v) is 6.47. The number of aliphatic carboxylic acids is 1. The minimum absolute atomic E-state index is 0.0528. The number of thioether (sulfide) groups is 1. The van der Waals surface area contributed by atoms with Crippen LogP contribution in [-0.2, 0) is 23.9 Å². The molecule has 11 nitrogen and oxygen atoms in total. The van der Waals surface area contributed by atoms with Gasteiger partial charge in [0.05, 0.1) is 6.54 Å². The molecule has 2 aromatic carbocycles. The maximum Gasteiger partial charge on any atom is 0.407 e. The number of benzene rings is 2. The summed E-state index contributed by atoms with van der Waals surface area (Å²) in [5, 5.41) is 17.4. The lowest BCUT2D eigenvalue weighted by Gasteiger charge is -2.28. The summed E-state index contributed by atoms with van der Waals surface area (Å²) in [6.07, 6.45) is 2.74. The normalized spacial score (nSPS) is 16.8. The van der Waals surface area contributed by atoms with Gasteiger partial charge in [-0.05, 0) is 65.9 Å². The number of rotatable bonds is 14. The van der Waals surface area contributed by atoms with Crippen LogP contribution in [0.15, 0.2) is 48.5 Å². The first-order chi connectivity index (χ1) is 21.6. The number of alkyl carbamates (subject to hydrolysis) is 1. The van der Waals surface area contributed by atoms with E-state index in [-0.39, 0.29) is 18.4 Å². The summed E-state index contributed by atoms with van der Waals surface area (Å²) in [4.78, 5) is 65.0. The maximum atomic E-state index is 13.2. The summed E-state index contributed by atoms with van der Waals surface area (Å²) in [6, 6.07) is 13.2. The van der Waals surface area contributed by atoms with Crippen molar-refractivity contribution in [3.8, 4) is 11.1 Å². The van der Waals surface area contributed by atoms with Crippen LogP contribution in [0.1, 0.15) is 56.6 Å². The molecule has 3 atom stereocenters. The van der Waals surface area contributed by atoms with Gasteiger partial charge in [-0.15, -0.1) is 0 Å². The zero-order valence-electron chi connectivity index (χ0n) is 25.9. The summed E-state index contributed by atoms with van der Waals surface area (Å²) in [5.74, 6) is -2.14. The van der Waals surface area contributed by atoms with Gasteiger partial charge in [-0.25, -0.2) is 9.59 Å². The van der Waals surface area contributed by atoms with Crippen LogP contribution in [-0.4, -0.2) is 89.6 Å². The van der Waals surface area contributed by atoms with E-state index in [2.05, 4.69) is 16.0 Å². The Bertz CT molecular complexity index is 1360. The van der Waals surface area contributed by atoms with Crippen LogP contribution in [0.3, 0.4) is 0 Å². The molecule has 1 heterocycles. The van der Waals surface area contributed by atoms with Gasteiger partial charge in [0.15, 0.2) is 0 Å². The molecule has 0 saturated carbocycles. The van der Waals surface area contributed by atoms with Crippen LogP contribution in [0.4, 0.5) is 4.79 Å². The van der Waals surface area contributed by atoms with Crippen molar-refractivity contribution < 1.29 is 33.8 Å². The van der Waals surface area contributed by atoms with Crippen molar-refractivity contribution in [1.29, 1.82) is 0 Å². The summed E-state index contributed by atoms with van der Waals surface area (Å²) >= 11 is 1.51. The van der Waals surface area contributed by atoms with Crippen LogP contribution in [0.25, 0.3) is 11.1 Å². The van der Waals surface area contributed by atoms with Crippen molar-refractivity contribution in [3.63, 3.8) is 0 Å². The topological polar surface area (TPSA) is 154 Å². The molecule has 0 unspecified atom stereocenters. The number of nitrogens with zero attached hydrogens (tertiary/aromatic N) is 1. The van der Waals surface area contributed by atoms with Crippen molar-refractivity contribution >= 4 is 41.5 Å². The zero-order valence-corrected chi connectivity index (χ0v) is 26.7. The third kappa shape index (κ3) is 8.56. The highest BCUT2D eigenvalue weighted by molar-refractivity contribution is 7.98. The van der Waals surface area contributed by atoms with Gasteiger partial charge in [-0.2, -0.15) is 11.8 Å². The van der Waals surface area contributed by atoms with Crippen molar-refractivity contribution in [3.05, 3.63) is 59.7 Å². The Morgan fingerprint density at radius 1 is 0.978 bits per heavy atom. The number of carbonyl (C=O) groups excluding carboxylic acids is 4. The second-order valence-corrected chi connectivity index (χ2v) is 12.8. The molecule has 1 aliphatic heterocycles. The van der Waals surface area contributed by atoms with E-state index < -0.39 is 54.5 Å². The second-order valence-electron chi connectivity index (χ2n) is 11.8. The van der Waals surface area contributed by atoms with E-state index in [0.717, 1.165) is 22.3 Å². The van der Waals surface area contributed by atoms with Crippen LogP contribution >= 0.6 is 11.8 Å². The molecule has 2 aromatic rings. The Hall–Kier alpha value is -4.06. The monoisotopic (exact) mass is 638 g/mol. The number of ether oxygens (including phenoxy) is 1. The van der Waals surface area contributed by atoms with Crippen LogP contribution in [0.5, 0.6) is 0 Å². The summed E-state index contributed by atoms with van der Waals surface area (Å²) < 4.78 is 5.62. The van der Waals surface area contributed by atoms with Crippen molar-refractivity contribution in [2.75, 3.05) is 31.7 Å². The van der Waals surface area contributed by atoms with Gasteiger partial charge in [-0.1, -0.05) is 62.4 Å². The predicted molar refractivity (Wildman–Crippen MR) is 172 cm³/mol. The average Bonchev–Trinajstić information content (AvgIpc) is 3.64. The number of carboxylic acid groups (broad SMARTS) is 1. The Kier molecular flexibility index (Phi) is 11.9. The fourth-order valence-electron chi connectivity index (χ4n) is 6.00. The average molecular weight is 639 g/mol. The van der Waals surface area contributed by atoms with Crippen LogP contribution < -0.4 is 16.0 Å². The Labute approximate surface area is 267 Å². The fraction of sp³-hybridized carbons (Fsp3) is 0.485. The molecular weight excluding hydrogens is 596 g/mol. The molecule has 0 radical (unpaired) electrons. The van der Waals surface area contributed by atoms with E-state index >= 15 is 0 Å². The highest BCUT2D eigenvalue weighted by Gasteiger charge is 2.38. The van der Waals surface area contributed by atoms with E-state index in [4.69, 9.17) is 4.74 Å². The lowest BCUT2D eigenvalue weighted by Crippen LogP contribution is -2.54. The maximum absolute atomic E-state index is 13.2. The molecule has 4 amide bonds. The molecule has 1 saturated heterocycles. The molecule has 2 aliphatic rings. The Morgan fingerprint density at radius 3 is 2.22 bits per heavy atom. The molecule has 242 valence electrons. The quantitative estimate of drug-likeness (QED) is 0.246. The summed E-state index contributed by atoms with van der Waals surface area (Å²) in [5.41, 5.74) is 4.37. The lowest BCUT2D eigenvalue weighted by atomic mass is 9.98. The third-order valence-corrected chi connectivity index (χ3v) is 8.79. The lowest BCUT2D eigenvalue weighted by molar-refractivity contribution is -0.149. The van der Waals surface area contributed by atoms with E-state index in [1.54, 1.807) is 0 Å². The van der Waals surface area contributed by atoms with E-state index in [1.165, 1.54) is 16.7 Å². The summed E-state index contributed by atoms with van der Waals surface area (Å²) in [7, 11) is 0. The molecule has 0 aromatic heterocycles. The van der Waals surface area contributed by atoms with E-state index in [0.29, 0.717) is 38.0 Å². The van der Waals surface area contributed by atoms with Gasteiger partial charge in [0.2, 0.25) is 17.7 Å². The number of fused-ring (bicyclic) bond motifs is 3. The van der Waals surface area contributed by atoms with E-state index in [1.807, 2.05) is 68.6 Å². The summed E-state index contributed by atoms with van der Waals surface area (Å²) in [6.45, 7) is 3.81. The highest BCUT2D eigenvalue weighted by Crippen LogP contribution is 2.44. The van der Waals surface area contributed by atoms with Crippen molar-refractivity contribution in [1.82, 2.24) is 20.9 Å². The highest BCUT2D eigenvalue weighted by atomic mass is 32.2. The van der Waals surface area contributed by atoms with Gasteiger partial charge in [-0.3, -0.25) is 14.4 Å². The largest absolute Gasteiger partial charge is 0.480 e. The molecule has 0 spiro atoms. The van der Waals surface area contributed by atoms with Crippen LogP contribution in [0, 0.1) is 5.92 Å². The van der Waals surface area contributed by atoms with Gasteiger partial charge < -0.3 is 30.7 Å². The molecule has 45 heavy (non-hydrogen) atoms. The van der Waals surface area contributed by atoms with E-state index in [9.17, 15) is 29.1 Å². The number of hydrogen-bond donors (Lipinski definition) is 4. The molecule has 1 fully saturated rings. The van der Waals surface area contributed by atoms with Gasteiger partial charge in [0, 0.05) is 12.5 Å². The molecule has 4 N–H and O–H groups in total. The van der Waals surface area contributed by atoms with Crippen molar-refractivity contribution in [2.24, 2.45) is 5.92 Å². The standard InChI is InChI=1S/C33H42N4O7S/c1-20(2)17-27(31(40)37-15-8-13-28(37)32(41)42)35-29(38)18-34-30(39)26(14-16-45-3)36-33(43)44-19-25-23-11-6-4-9-21(23)22-10-5-7-12-24(22)25/h4-7,9-12,20,25-28H,8,13-19H2,1-3H3,(H,34,39)(H,35,38)(H,36,43)(H,41,42)/t26-,27-,28-/m0/s1. The predicted octanol–water partition coefficient (Wildman–Crippen LogP) is 3.37. The van der Waals surface area contributed by atoms with Gasteiger partial charge in [0.25, 0.3) is 0 Å². The number of likely N-dealkylation sites (tertiary alicyclic amines) is 1. The first kappa shape index (κ1) is 33.8. The minimum atomic E-state index is -1.07. The first-order valence-corrected chi connectivity index (χ1v) is 16.7. The molecule has 1 aliphatic carbocycles. The molecule has 0 bridgehead atoms. The zero-order chi connectivity index (χ0) is 32.5. The minimum Gasteiger partial charge on any atom is -0.480 e. The van der Waals surface area contributed by atoms with Crippen LogP contribution in [0.2, 0.25) is 0 Å². The number of carbonyl (C=O) groups is 5. The second kappa shape index (κ2) is 15.8. The van der Waals surface area contributed by atoms with Crippen molar-refractivity contribution in [2.45, 2.75) is 63.6 Å². The Morgan fingerprint density at radius 2 is 1.62 bits per heavy atom. The number of amides is 4. The molecule has 4 rings (SSSR count). The number of nitrogens with one attached hydrogen (secondary N) is 3. The Balaban J connectivity index is 1.32. The molecular formula is C33H42N4O7S. The van der Waals surface area contributed by atoms with Gasteiger partial charge in [0.1, 0.15) is 24.7 Å². The first-order valence-electron chi connectivity index (χ1n) is 15.3. The third-order valence-electron chi connectivity index (χ3n) is 8.15. The smallest absolute Gasteiger partial charge is 0.407 e. The number of carboxylic acids is 1. The number of hydrogen-bond acceptors (Lipinski definition) is 7. The van der Waals surface area contributed by atoms with Gasteiger partial charge >= 0.3 is 12.1 Å². The molecule has 12 heteroatoms.